The molecule has 154 valence electrons. The second kappa shape index (κ2) is 10.0. The maximum atomic E-state index is 12.6. The normalized spacial score (nSPS) is 11.8. The van der Waals surface area contributed by atoms with Gasteiger partial charge in [-0.2, -0.15) is 8.78 Å². The first-order chi connectivity index (χ1) is 14.1. The summed E-state index contributed by atoms with van der Waals surface area (Å²) < 4.78 is 31.7. The van der Waals surface area contributed by atoms with Crippen LogP contribution in [0, 0.1) is 0 Å². The summed E-state index contributed by atoms with van der Waals surface area (Å²) in [4.78, 5) is 4.44. The molecule has 0 bridgehead atoms. The second-order valence-corrected chi connectivity index (χ2v) is 6.48. The second-order valence-electron chi connectivity index (χ2n) is 6.05. The van der Waals surface area contributed by atoms with Crippen LogP contribution in [-0.2, 0) is 13.0 Å². The number of pyridine rings is 1. The monoisotopic (exact) mass is 422 g/mol. The van der Waals surface area contributed by atoms with Crippen LogP contribution in [0.5, 0.6) is 5.75 Å². The molecule has 0 unspecified atom stereocenters. The van der Waals surface area contributed by atoms with Crippen LogP contribution in [0.15, 0.2) is 47.6 Å². The molecule has 0 saturated carbocycles. The van der Waals surface area contributed by atoms with Crippen molar-refractivity contribution in [3.8, 4) is 5.75 Å². The Hall–Kier alpha value is -2.94. The van der Waals surface area contributed by atoms with Gasteiger partial charge in [0.25, 0.3) is 0 Å². The Kier molecular flexibility index (Phi) is 7.18. The summed E-state index contributed by atoms with van der Waals surface area (Å²) in [6, 6.07) is 10.2. The molecule has 0 radical (unpaired) electrons. The number of fused-ring (bicyclic) bond motifs is 1. The fourth-order valence-electron chi connectivity index (χ4n) is 2.74. The molecule has 0 atom stereocenters. The predicted molar refractivity (Wildman–Crippen MR) is 108 cm³/mol. The standard InChI is InChI=1S/C19H21ClF2N6O/c1-2-23-19(24-9-8-17-27-26-16-5-3-4-10-28(16)17)25-12-13-11-14(20)6-7-15(13)29-18(21)22/h3-7,10-11,18H,2,8-9,12H2,1H3,(H2,23,24,25). The van der Waals surface area contributed by atoms with Crippen LogP contribution in [0.2, 0.25) is 5.02 Å². The molecule has 0 spiro atoms. The van der Waals surface area contributed by atoms with E-state index >= 15 is 0 Å². The Bertz CT molecular complexity index is 978. The first kappa shape index (κ1) is 20.8. The highest BCUT2D eigenvalue weighted by Crippen LogP contribution is 2.25. The van der Waals surface area contributed by atoms with Crippen molar-refractivity contribution in [3.05, 3.63) is 59.0 Å². The topological polar surface area (TPSA) is 75.8 Å². The van der Waals surface area contributed by atoms with Gasteiger partial charge in [0.05, 0.1) is 6.54 Å². The fraction of sp³-hybridized carbons (Fsp3) is 0.316. The van der Waals surface area contributed by atoms with Crippen LogP contribution in [0.4, 0.5) is 8.78 Å². The van der Waals surface area contributed by atoms with Crippen LogP contribution >= 0.6 is 11.6 Å². The minimum atomic E-state index is -2.91. The lowest BCUT2D eigenvalue weighted by Gasteiger charge is -2.13. The SMILES string of the molecule is CCNC(=NCc1cc(Cl)ccc1OC(F)F)NCCc1nnc2ccccn12. The molecule has 0 aliphatic rings. The smallest absolute Gasteiger partial charge is 0.387 e. The van der Waals surface area contributed by atoms with Crippen molar-refractivity contribution in [2.24, 2.45) is 4.99 Å². The summed E-state index contributed by atoms with van der Waals surface area (Å²) in [5, 5.41) is 15.1. The lowest BCUT2D eigenvalue weighted by atomic mass is 10.2. The maximum absolute atomic E-state index is 12.6. The van der Waals surface area contributed by atoms with Crippen molar-refractivity contribution in [3.63, 3.8) is 0 Å². The number of hydrogen-bond donors (Lipinski definition) is 2. The number of nitrogens with one attached hydrogen (secondary N) is 2. The van der Waals surface area contributed by atoms with Gasteiger partial charge in [0, 0.05) is 36.3 Å². The molecule has 3 rings (SSSR count). The Morgan fingerprint density at radius 3 is 2.90 bits per heavy atom. The van der Waals surface area contributed by atoms with E-state index in [9.17, 15) is 8.78 Å². The minimum absolute atomic E-state index is 0.0546. The summed E-state index contributed by atoms with van der Waals surface area (Å²) in [6.07, 6.45) is 2.54. The van der Waals surface area contributed by atoms with E-state index in [4.69, 9.17) is 11.6 Å². The molecular formula is C19H21ClF2N6O. The summed E-state index contributed by atoms with van der Waals surface area (Å²) in [5.41, 5.74) is 1.26. The molecule has 0 fully saturated rings. The first-order valence-electron chi connectivity index (χ1n) is 9.11. The zero-order chi connectivity index (χ0) is 20.6. The van der Waals surface area contributed by atoms with Gasteiger partial charge in [0.1, 0.15) is 11.6 Å². The summed E-state index contributed by atoms with van der Waals surface area (Å²) >= 11 is 5.98. The molecular weight excluding hydrogens is 402 g/mol. The van der Waals surface area contributed by atoms with Gasteiger partial charge in [-0.3, -0.25) is 4.40 Å². The number of hydrogen-bond acceptors (Lipinski definition) is 4. The summed E-state index contributed by atoms with van der Waals surface area (Å²) in [5.74, 6) is 1.43. The van der Waals surface area contributed by atoms with Crippen LogP contribution in [-0.4, -0.2) is 40.3 Å². The van der Waals surface area contributed by atoms with E-state index in [1.807, 2.05) is 35.7 Å². The van der Waals surface area contributed by atoms with Crippen LogP contribution in [0.25, 0.3) is 5.65 Å². The van der Waals surface area contributed by atoms with Crippen molar-refractivity contribution in [1.29, 1.82) is 0 Å². The molecule has 2 N–H and O–H groups in total. The van der Waals surface area contributed by atoms with E-state index in [2.05, 4.69) is 30.6 Å². The van der Waals surface area contributed by atoms with Gasteiger partial charge >= 0.3 is 6.61 Å². The van der Waals surface area contributed by atoms with E-state index < -0.39 is 6.61 Å². The lowest BCUT2D eigenvalue weighted by Crippen LogP contribution is -2.38. The molecule has 0 saturated heterocycles. The highest BCUT2D eigenvalue weighted by atomic mass is 35.5. The number of aromatic nitrogens is 3. The van der Waals surface area contributed by atoms with E-state index in [0.717, 1.165) is 11.5 Å². The molecule has 0 amide bonds. The molecule has 0 aliphatic heterocycles. The Morgan fingerprint density at radius 2 is 2.10 bits per heavy atom. The van der Waals surface area contributed by atoms with E-state index in [1.165, 1.54) is 12.1 Å². The quantitative estimate of drug-likeness (QED) is 0.430. The van der Waals surface area contributed by atoms with Gasteiger partial charge in [0.15, 0.2) is 11.6 Å². The van der Waals surface area contributed by atoms with E-state index in [-0.39, 0.29) is 12.3 Å². The number of guanidine groups is 1. The maximum Gasteiger partial charge on any atom is 0.387 e. The third-order valence-electron chi connectivity index (χ3n) is 4.02. The largest absolute Gasteiger partial charge is 0.434 e. The van der Waals surface area contributed by atoms with Gasteiger partial charge < -0.3 is 15.4 Å². The number of nitrogens with zero attached hydrogens (tertiary/aromatic N) is 4. The van der Waals surface area contributed by atoms with Crippen molar-refractivity contribution in [2.45, 2.75) is 26.5 Å². The highest BCUT2D eigenvalue weighted by Gasteiger charge is 2.11. The average molecular weight is 423 g/mol. The fourth-order valence-corrected chi connectivity index (χ4v) is 2.94. The van der Waals surface area contributed by atoms with Gasteiger partial charge in [-0.05, 0) is 37.3 Å². The van der Waals surface area contributed by atoms with Crippen molar-refractivity contribution in [1.82, 2.24) is 25.2 Å². The summed E-state index contributed by atoms with van der Waals surface area (Å²) in [6.45, 7) is 0.371. The molecule has 29 heavy (non-hydrogen) atoms. The van der Waals surface area contributed by atoms with Crippen LogP contribution < -0.4 is 15.4 Å². The lowest BCUT2D eigenvalue weighted by molar-refractivity contribution is -0.0504. The van der Waals surface area contributed by atoms with E-state index in [1.54, 1.807) is 6.07 Å². The zero-order valence-electron chi connectivity index (χ0n) is 15.8. The molecule has 2 aromatic heterocycles. The molecule has 7 nitrogen and oxygen atoms in total. The van der Waals surface area contributed by atoms with Crippen LogP contribution in [0.3, 0.4) is 0 Å². The molecule has 1 aromatic carbocycles. The number of ether oxygens (including phenoxy) is 1. The molecule has 2 heterocycles. The number of benzene rings is 1. The van der Waals surface area contributed by atoms with Crippen molar-refractivity contribution >= 4 is 23.2 Å². The Labute approximate surface area is 171 Å². The third kappa shape index (κ3) is 5.77. The van der Waals surface area contributed by atoms with Gasteiger partial charge in [-0.15, -0.1) is 10.2 Å². The minimum Gasteiger partial charge on any atom is -0.434 e. The number of rotatable bonds is 8. The van der Waals surface area contributed by atoms with Gasteiger partial charge in [-0.25, -0.2) is 4.99 Å². The van der Waals surface area contributed by atoms with E-state index in [0.29, 0.717) is 36.1 Å². The Morgan fingerprint density at radius 1 is 1.24 bits per heavy atom. The van der Waals surface area contributed by atoms with Crippen molar-refractivity contribution < 1.29 is 13.5 Å². The number of halogens is 3. The molecule has 10 heteroatoms. The molecule has 0 aliphatic carbocycles. The van der Waals surface area contributed by atoms with Gasteiger partial charge in [-0.1, -0.05) is 17.7 Å². The van der Waals surface area contributed by atoms with Gasteiger partial charge in [0.2, 0.25) is 0 Å². The number of alkyl halides is 2. The van der Waals surface area contributed by atoms with Crippen molar-refractivity contribution in [2.75, 3.05) is 13.1 Å². The third-order valence-corrected chi connectivity index (χ3v) is 4.25. The first-order valence-corrected chi connectivity index (χ1v) is 9.48. The predicted octanol–water partition coefficient (Wildman–Crippen LogP) is 3.28. The number of aliphatic imine (C=N–C) groups is 1. The summed E-state index contributed by atoms with van der Waals surface area (Å²) in [7, 11) is 0. The molecule has 3 aromatic rings. The van der Waals surface area contributed by atoms with Crippen LogP contribution in [0.1, 0.15) is 18.3 Å². The Balaban J connectivity index is 1.65. The highest BCUT2D eigenvalue weighted by molar-refractivity contribution is 6.30. The average Bonchev–Trinajstić information content (AvgIpc) is 3.11. The zero-order valence-corrected chi connectivity index (χ0v) is 16.5.